The van der Waals surface area contributed by atoms with Crippen LogP contribution in [0.4, 0.5) is 0 Å². The zero-order valence-corrected chi connectivity index (χ0v) is 24.9. The maximum Gasteiger partial charge on any atom is 0.338 e. The van der Waals surface area contributed by atoms with Crippen molar-refractivity contribution in [2.24, 2.45) is 10.9 Å². The van der Waals surface area contributed by atoms with E-state index >= 15 is 0 Å². The molecular weight excluding hydrogens is 575 g/mol. The number of ether oxygens (including phenoxy) is 3. The molecule has 0 saturated carbocycles. The van der Waals surface area contributed by atoms with Crippen molar-refractivity contribution in [3.63, 3.8) is 0 Å². The fourth-order valence-electron chi connectivity index (χ4n) is 4.17. The predicted octanol–water partition coefficient (Wildman–Crippen LogP) is 5.07. The third kappa shape index (κ3) is 6.32. The minimum atomic E-state index is -0.863. The van der Waals surface area contributed by atoms with Crippen molar-refractivity contribution in [3.8, 4) is 11.5 Å². The first-order valence-corrected chi connectivity index (χ1v) is 14.2. The van der Waals surface area contributed by atoms with Gasteiger partial charge in [0.1, 0.15) is 0 Å². The summed E-state index contributed by atoms with van der Waals surface area (Å²) in [6, 6.07) is 9.15. The number of hydrogen-bond acceptors (Lipinski definition) is 8. The van der Waals surface area contributed by atoms with Crippen molar-refractivity contribution in [1.82, 2.24) is 4.57 Å². The number of carbonyl (C=O) groups excluding carboxylic acids is 2. The van der Waals surface area contributed by atoms with E-state index < -0.39 is 18.0 Å². The third-order valence-electron chi connectivity index (χ3n) is 5.87. The smallest absolute Gasteiger partial charge is 0.338 e. The molecule has 0 fully saturated rings. The second kappa shape index (κ2) is 12.4. The number of nitrogens with zero attached hydrogens (tertiary/aromatic N) is 2. The number of carbonyl (C=O) groups is 2. The zero-order chi connectivity index (χ0) is 29.1. The maximum absolute atomic E-state index is 13.9. The van der Waals surface area contributed by atoms with Gasteiger partial charge in [0, 0.05) is 6.92 Å². The molecule has 4 rings (SSSR count). The van der Waals surface area contributed by atoms with E-state index in [-0.39, 0.29) is 29.4 Å². The average molecular weight is 604 g/mol. The number of rotatable bonds is 8. The van der Waals surface area contributed by atoms with Crippen LogP contribution in [0.15, 0.2) is 57.5 Å². The average Bonchev–Trinajstić information content (AvgIpc) is 3.19. The second-order valence-electron chi connectivity index (χ2n) is 9.48. The first-order chi connectivity index (χ1) is 19.0. The molecule has 1 atom stereocenters. The SMILES string of the molecule is CCOc1cc([C@@H]2C(C(=O)OCC(C)C)=C(C)N=c3s/c(=C/c4ccc(Cl)c(Cl)c4)c(=O)n32)ccc1OC(C)=O. The number of aromatic nitrogens is 1. The van der Waals surface area contributed by atoms with E-state index in [0.717, 1.165) is 0 Å². The normalized spacial score (nSPS) is 15.1. The van der Waals surface area contributed by atoms with E-state index in [1.165, 1.54) is 22.8 Å². The fraction of sp³-hybridized carbons (Fsp3) is 0.310. The van der Waals surface area contributed by atoms with E-state index in [0.29, 0.717) is 48.6 Å². The summed E-state index contributed by atoms with van der Waals surface area (Å²) in [6.07, 6.45) is 1.70. The molecule has 1 aromatic heterocycles. The van der Waals surface area contributed by atoms with E-state index in [2.05, 4.69) is 4.99 Å². The van der Waals surface area contributed by atoms with Crippen molar-refractivity contribution in [2.75, 3.05) is 13.2 Å². The van der Waals surface area contributed by atoms with Gasteiger partial charge < -0.3 is 14.2 Å². The highest BCUT2D eigenvalue weighted by Gasteiger charge is 2.34. The second-order valence-corrected chi connectivity index (χ2v) is 11.3. The molecule has 0 bridgehead atoms. The lowest BCUT2D eigenvalue weighted by Gasteiger charge is -2.25. The van der Waals surface area contributed by atoms with Gasteiger partial charge >= 0.3 is 11.9 Å². The van der Waals surface area contributed by atoms with E-state index in [4.69, 9.17) is 37.4 Å². The Bertz CT molecular complexity index is 1690. The van der Waals surface area contributed by atoms with Gasteiger partial charge in [0.2, 0.25) is 0 Å². The highest BCUT2D eigenvalue weighted by atomic mass is 35.5. The third-order valence-corrected chi connectivity index (χ3v) is 7.59. The van der Waals surface area contributed by atoms with Gasteiger partial charge in [-0.15, -0.1) is 0 Å². The van der Waals surface area contributed by atoms with E-state index in [1.807, 2.05) is 13.8 Å². The van der Waals surface area contributed by atoms with Crippen LogP contribution < -0.4 is 24.4 Å². The number of benzene rings is 2. The Kier molecular flexibility index (Phi) is 9.18. The number of thiazole rings is 1. The number of fused-ring (bicyclic) bond motifs is 1. The summed E-state index contributed by atoms with van der Waals surface area (Å²) in [5.41, 5.74) is 1.57. The topological polar surface area (TPSA) is 96.2 Å². The van der Waals surface area contributed by atoms with Crippen LogP contribution in [0.2, 0.25) is 10.0 Å². The Labute approximate surface area is 245 Å². The van der Waals surface area contributed by atoms with Gasteiger partial charge in [-0.05, 0) is 61.2 Å². The van der Waals surface area contributed by atoms with Crippen LogP contribution >= 0.6 is 34.5 Å². The molecule has 2 heterocycles. The molecule has 0 saturated heterocycles. The summed E-state index contributed by atoms with van der Waals surface area (Å²) in [6.45, 7) is 9.20. The Morgan fingerprint density at radius 3 is 2.52 bits per heavy atom. The van der Waals surface area contributed by atoms with Crippen LogP contribution in [0.3, 0.4) is 0 Å². The Hall–Kier alpha value is -3.40. The van der Waals surface area contributed by atoms with Crippen LogP contribution in [0.1, 0.15) is 51.8 Å². The van der Waals surface area contributed by atoms with Crippen molar-refractivity contribution < 1.29 is 23.8 Å². The number of hydrogen-bond donors (Lipinski definition) is 0. The molecule has 40 heavy (non-hydrogen) atoms. The molecular formula is C29H28Cl2N2O6S. The van der Waals surface area contributed by atoms with E-state index in [1.54, 1.807) is 56.3 Å². The molecule has 0 spiro atoms. The van der Waals surface area contributed by atoms with Crippen LogP contribution in [0.5, 0.6) is 11.5 Å². The molecule has 0 amide bonds. The van der Waals surface area contributed by atoms with Gasteiger partial charge in [-0.25, -0.2) is 9.79 Å². The van der Waals surface area contributed by atoms with Gasteiger partial charge in [-0.3, -0.25) is 14.2 Å². The summed E-state index contributed by atoms with van der Waals surface area (Å²) in [4.78, 5) is 44.0. The van der Waals surface area contributed by atoms with Gasteiger partial charge in [0.15, 0.2) is 16.3 Å². The fourth-order valence-corrected chi connectivity index (χ4v) is 5.53. The first-order valence-electron chi connectivity index (χ1n) is 12.6. The summed E-state index contributed by atoms with van der Waals surface area (Å²) in [5, 5.41) is 0.770. The van der Waals surface area contributed by atoms with Crippen molar-refractivity contribution in [2.45, 2.75) is 40.7 Å². The molecule has 3 aromatic rings. The molecule has 8 nitrogen and oxygen atoms in total. The molecule has 0 radical (unpaired) electrons. The van der Waals surface area contributed by atoms with Crippen LogP contribution in [-0.2, 0) is 14.3 Å². The summed E-state index contributed by atoms with van der Waals surface area (Å²) < 4.78 is 18.5. The first kappa shape index (κ1) is 29.6. The largest absolute Gasteiger partial charge is 0.490 e. The maximum atomic E-state index is 13.9. The zero-order valence-electron chi connectivity index (χ0n) is 22.6. The Morgan fingerprint density at radius 1 is 1.12 bits per heavy atom. The molecule has 0 aliphatic carbocycles. The lowest BCUT2D eigenvalue weighted by Crippen LogP contribution is -2.40. The van der Waals surface area contributed by atoms with Crippen LogP contribution in [0.25, 0.3) is 6.08 Å². The molecule has 1 aliphatic rings. The molecule has 11 heteroatoms. The van der Waals surface area contributed by atoms with Gasteiger partial charge in [-0.1, -0.05) is 60.5 Å². The van der Waals surface area contributed by atoms with Crippen molar-refractivity contribution in [3.05, 3.63) is 88.5 Å². The molecule has 1 aliphatic heterocycles. The van der Waals surface area contributed by atoms with Crippen molar-refractivity contribution >= 4 is 52.6 Å². The van der Waals surface area contributed by atoms with E-state index in [9.17, 15) is 14.4 Å². The standard InChI is InChI=1S/C29H28Cl2N2O6S/c1-6-37-23-13-19(8-10-22(23)39-17(5)34)26-25(28(36)38-14-15(2)3)16(4)32-29-33(26)27(35)24(40-29)12-18-7-9-20(30)21(31)11-18/h7-13,15,26H,6,14H2,1-5H3/b24-12+/t26-/m1/s1. The lowest BCUT2D eigenvalue weighted by molar-refractivity contribution is -0.140. The quantitative estimate of drug-likeness (QED) is 0.264. The van der Waals surface area contributed by atoms with Gasteiger partial charge in [-0.2, -0.15) is 0 Å². The van der Waals surface area contributed by atoms with Crippen LogP contribution in [-0.4, -0.2) is 29.7 Å². The van der Waals surface area contributed by atoms with Gasteiger partial charge in [0.05, 0.1) is 45.1 Å². The molecule has 0 N–H and O–H groups in total. The monoisotopic (exact) mass is 602 g/mol. The number of allylic oxidation sites excluding steroid dienone is 1. The highest BCUT2D eigenvalue weighted by Crippen LogP contribution is 2.36. The van der Waals surface area contributed by atoms with Crippen LogP contribution in [0, 0.1) is 5.92 Å². The molecule has 0 unspecified atom stereocenters. The predicted molar refractivity (Wildman–Crippen MR) is 155 cm³/mol. The molecule has 2 aromatic carbocycles. The Morgan fingerprint density at radius 2 is 1.88 bits per heavy atom. The summed E-state index contributed by atoms with van der Waals surface area (Å²) in [7, 11) is 0. The van der Waals surface area contributed by atoms with Gasteiger partial charge in [0.25, 0.3) is 5.56 Å². The lowest BCUT2D eigenvalue weighted by atomic mass is 9.95. The molecule has 210 valence electrons. The minimum Gasteiger partial charge on any atom is -0.490 e. The highest BCUT2D eigenvalue weighted by molar-refractivity contribution is 7.07. The Balaban J connectivity index is 1.93. The minimum absolute atomic E-state index is 0.114. The summed E-state index contributed by atoms with van der Waals surface area (Å²) >= 11 is 13.4. The number of esters is 2. The number of halogens is 2. The van der Waals surface area contributed by atoms with Crippen molar-refractivity contribution in [1.29, 1.82) is 0 Å². The summed E-state index contributed by atoms with van der Waals surface area (Å²) in [5.74, 6) is -0.422.